The number of rotatable bonds is 14. The monoisotopic (exact) mass is 572 g/mol. The van der Waals surface area contributed by atoms with E-state index in [1.54, 1.807) is 6.92 Å². The van der Waals surface area contributed by atoms with Crippen LogP contribution in [-0.2, 0) is 26.3 Å². The van der Waals surface area contributed by atoms with Crippen LogP contribution in [0.4, 0.5) is 0 Å². The van der Waals surface area contributed by atoms with E-state index in [1.807, 2.05) is 91.0 Å². The summed E-state index contributed by atoms with van der Waals surface area (Å²) in [5.74, 6) is -1.26. The third-order valence-corrected chi connectivity index (χ3v) is 8.15. The molecule has 43 heavy (non-hydrogen) atoms. The van der Waals surface area contributed by atoms with Crippen molar-refractivity contribution in [1.29, 1.82) is 0 Å². The minimum absolute atomic E-state index is 0.00199. The van der Waals surface area contributed by atoms with E-state index in [0.717, 1.165) is 36.0 Å². The molecule has 0 amide bonds. The summed E-state index contributed by atoms with van der Waals surface area (Å²) in [7, 11) is 0. The topological polar surface area (TPSA) is 55.8 Å². The lowest BCUT2D eigenvalue weighted by atomic mass is 9.80. The number of carbonyl (C=O) groups is 1. The average molecular weight is 573 g/mol. The van der Waals surface area contributed by atoms with E-state index in [2.05, 4.69) is 42.5 Å². The fraction of sp³-hybridized carbons (Fsp3) is 0.256. The van der Waals surface area contributed by atoms with Gasteiger partial charge in [0.15, 0.2) is 0 Å². The summed E-state index contributed by atoms with van der Waals surface area (Å²) in [4.78, 5) is 13.2. The van der Waals surface area contributed by atoms with Crippen LogP contribution in [0.5, 0.6) is 0 Å². The van der Waals surface area contributed by atoms with Crippen LogP contribution in [0.3, 0.4) is 0 Å². The normalized spacial score (nSPS) is 13.0. The van der Waals surface area contributed by atoms with E-state index < -0.39 is 23.6 Å². The molecule has 0 fully saturated rings. The van der Waals surface area contributed by atoms with Gasteiger partial charge >= 0.3 is 5.97 Å². The van der Waals surface area contributed by atoms with Crippen molar-refractivity contribution in [2.24, 2.45) is 5.92 Å². The third kappa shape index (κ3) is 7.05. The summed E-state index contributed by atoms with van der Waals surface area (Å²) in [5.41, 5.74) is 3.15. The summed E-state index contributed by atoms with van der Waals surface area (Å²) in [6.07, 6.45) is 2.18. The Morgan fingerprint density at radius 1 is 0.698 bits per heavy atom. The van der Waals surface area contributed by atoms with Crippen LogP contribution >= 0.6 is 0 Å². The highest BCUT2D eigenvalue weighted by molar-refractivity contribution is 5.85. The lowest BCUT2D eigenvalue weighted by Crippen LogP contribution is -2.40. The summed E-state index contributed by atoms with van der Waals surface area (Å²) >= 11 is 0. The molecule has 0 bridgehead atoms. The molecule has 220 valence electrons. The summed E-state index contributed by atoms with van der Waals surface area (Å²) < 4.78 is 12.4. The molecular formula is C39H40O4. The van der Waals surface area contributed by atoms with E-state index >= 15 is 0 Å². The van der Waals surface area contributed by atoms with Gasteiger partial charge in [-0.15, -0.1) is 0 Å². The SMILES string of the molecule is CCOC(=O)[C@H](COC(c1ccccc1)(c1ccccc1)c1ccccc1)[C@@H](O)CCCCc1cccc2ccccc12. The van der Waals surface area contributed by atoms with E-state index in [1.165, 1.54) is 16.3 Å². The number of aliphatic hydroxyl groups excluding tert-OH is 1. The number of aryl methyl sites for hydroxylation is 1. The molecule has 1 N–H and O–H groups in total. The number of unbranched alkanes of at least 4 members (excludes halogenated alkanes) is 1. The second-order valence-corrected chi connectivity index (χ2v) is 10.9. The van der Waals surface area contributed by atoms with Crippen LogP contribution in [0, 0.1) is 5.92 Å². The maximum atomic E-state index is 13.2. The highest BCUT2D eigenvalue weighted by Crippen LogP contribution is 2.41. The van der Waals surface area contributed by atoms with E-state index in [4.69, 9.17) is 9.47 Å². The first-order chi connectivity index (χ1) is 21.1. The van der Waals surface area contributed by atoms with Gasteiger partial charge in [0.25, 0.3) is 0 Å². The summed E-state index contributed by atoms with van der Waals surface area (Å²) in [6.45, 7) is 2.03. The molecule has 0 aliphatic heterocycles. The Bertz CT molecular complexity index is 1460. The number of aliphatic hydroxyl groups is 1. The highest BCUT2D eigenvalue weighted by Gasteiger charge is 2.40. The Labute approximate surface area is 254 Å². The van der Waals surface area contributed by atoms with Crippen LogP contribution in [0.15, 0.2) is 133 Å². The second kappa shape index (κ2) is 14.8. The molecule has 0 aromatic heterocycles. The van der Waals surface area contributed by atoms with Crippen LogP contribution in [-0.4, -0.2) is 30.4 Å². The third-order valence-electron chi connectivity index (χ3n) is 8.15. The zero-order valence-electron chi connectivity index (χ0n) is 24.8. The maximum absolute atomic E-state index is 13.2. The first-order valence-electron chi connectivity index (χ1n) is 15.3. The van der Waals surface area contributed by atoms with Crippen LogP contribution < -0.4 is 0 Å². The molecule has 4 nitrogen and oxygen atoms in total. The molecule has 5 aromatic carbocycles. The number of benzene rings is 5. The molecule has 4 heteroatoms. The maximum Gasteiger partial charge on any atom is 0.313 e. The second-order valence-electron chi connectivity index (χ2n) is 10.9. The van der Waals surface area contributed by atoms with Crippen LogP contribution in [0.1, 0.15) is 48.4 Å². The van der Waals surface area contributed by atoms with E-state index in [0.29, 0.717) is 6.42 Å². The minimum atomic E-state index is -0.984. The van der Waals surface area contributed by atoms with Crippen molar-refractivity contribution in [2.45, 2.75) is 44.3 Å². The van der Waals surface area contributed by atoms with Gasteiger partial charge in [0, 0.05) is 0 Å². The minimum Gasteiger partial charge on any atom is -0.466 e. The predicted octanol–water partition coefficient (Wildman–Crippen LogP) is 8.10. The van der Waals surface area contributed by atoms with E-state index in [9.17, 15) is 9.90 Å². The van der Waals surface area contributed by atoms with Crippen molar-refractivity contribution in [3.05, 3.63) is 156 Å². The molecule has 0 radical (unpaired) electrons. The quantitative estimate of drug-likeness (QED) is 0.0830. The zero-order chi connectivity index (χ0) is 29.9. The zero-order valence-corrected chi connectivity index (χ0v) is 24.8. The van der Waals surface area contributed by atoms with Gasteiger partial charge in [0.05, 0.1) is 19.3 Å². The average Bonchev–Trinajstić information content (AvgIpc) is 3.06. The molecular weight excluding hydrogens is 532 g/mol. The molecule has 5 aromatic rings. The molecule has 0 heterocycles. The van der Waals surface area contributed by atoms with Gasteiger partial charge in [-0.05, 0) is 59.2 Å². The van der Waals surface area contributed by atoms with Gasteiger partial charge < -0.3 is 14.6 Å². The van der Waals surface area contributed by atoms with Gasteiger partial charge in [-0.3, -0.25) is 4.79 Å². The van der Waals surface area contributed by atoms with Crippen LogP contribution in [0.2, 0.25) is 0 Å². The number of esters is 1. The molecule has 0 saturated heterocycles. The number of hydrogen-bond acceptors (Lipinski definition) is 4. The molecule has 0 aliphatic carbocycles. The van der Waals surface area contributed by atoms with Gasteiger partial charge in [0.1, 0.15) is 11.5 Å². The van der Waals surface area contributed by atoms with E-state index in [-0.39, 0.29) is 13.2 Å². The first kappa shape index (κ1) is 30.2. The van der Waals surface area contributed by atoms with Crippen molar-refractivity contribution < 1.29 is 19.4 Å². The Morgan fingerprint density at radius 2 is 1.23 bits per heavy atom. The van der Waals surface area contributed by atoms with Gasteiger partial charge in [-0.25, -0.2) is 0 Å². The Morgan fingerprint density at radius 3 is 1.81 bits per heavy atom. The molecule has 5 rings (SSSR count). The fourth-order valence-electron chi connectivity index (χ4n) is 5.95. The van der Waals surface area contributed by atoms with Crippen molar-refractivity contribution >= 4 is 16.7 Å². The van der Waals surface area contributed by atoms with Crippen molar-refractivity contribution in [3.8, 4) is 0 Å². The van der Waals surface area contributed by atoms with Gasteiger partial charge in [-0.1, -0.05) is 140 Å². The fourth-order valence-corrected chi connectivity index (χ4v) is 5.95. The Hall–Kier alpha value is -4.25. The number of fused-ring (bicyclic) bond motifs is 1. The largest absolute Gasteiger partial charge is 0.466 e. The molecule has 0 unspecified atom stereocenters. The number of hydrogen-bond donors (Lipinski definition) is 1. The van der Waals surface area contributed by atoms with Crippen molar-refractivity contribution in [3.63, 3.8) is 0 Å². The molecule has 0 aliphatic rings. The summed E-state index contributed by atoms with van der Waals surface area (Å²) in [5, 5.41) is 13.9. The highest BCUT2D eigenvalue weighted by atomic mass is 16.5. The van der Waals surface area contributed by atoms with Crippen LogP contribution in [0.25, 0.3) is 10.8 Å². The molecule has 0 saturated carbocycles. The Balaban J connectivity index is 1.37. The smallest absolute Gasteiger partial charge is 0.313 e. The van der Waals surface area contributed by atoms with Gasteiger partial charge in [-0.2, -0.15) is 0 Å². The molecule has 0 spiro atoms. The van der Waals surface area contributed by atoms with Crippen molar-refractivity contribution in [1.82, 2.24) is 0 Å². The lowest BCUT2D eigenvalue weighted by molar-refractivity contribution is -0.157. The predicted molar refractivity (Wildman–Crippen MR) is 173 cm³/mol. The lowest BCUT2D eigenvalue weighted by Gasteiger charge is -2.37. The number of ether oxygens (including phenoxy) is 2. The van der Waals surface area contributed by atoms with Gasteiger partial charge in [0.2, 0.25) is 0 Å². The first-order valence-corrected chi connectivity index (χ1v) is 15.3. The number of carbonyl (C=O) groups excluding carboxylic acids is 1. The summed E-state index contributed by atoms with van der Waals surface area (Å²) in [6, 6.07) is 45.0. The Kier molecular flexibility index (Phi) is 10.4. The molecule has 2 atom stereocenters. The van der Waals surface area contributed by atoms with Crippen molar-refractivity contribution in [2.75, 3.05) is 13.2 Å². The standard InChI is InChI=1S/C39H40O4/c1-2-42-38(41)36(37(40)28-15-13-18-31-20-16-19-30-17-12-14-27-35(30)31)29-43-39(32-21-6-3-7-22-32,33-23-8-4-9-24-33)34-25-10-5-11-26-34/h3-12,14,16-17,19-27,36-37,40H,2,13,15,18,28-29H2,1H3/t36-,37+/m1/s1.